The monoisotopic (exact) mass is 266 g/mol. The van der Waals surface area contributed by atoms with E-state index in [0.717, 1.165) is 0 Å². The summed E-state index contributed by atoms with van der Waals surface area (Å²) >= 11 is 0. The summed E-state index contributed by atoms with van der Waals surface area (Å²) in [6.07, 6.45) is 1.56. The van der Waals surface area contributed by atoms with E-state index in [-0.39, 0.29) is 12.6 Å². The molecule has 0 fully saturated rings. The Kier molecular flexibility index (Phi) is 3.05. The first kappa shape index (κ1) is 12.2. The van der Waals surface area contributed by atoms with Gasteiger partial charge in [-0.05, 0) is 30.3 Å². The first-order chi connectivity index (χ1) is 9.79. The van der Waals surface area contributed by atoms with Gasteiger partial charge < -0.3 is 9.47 Å². The van der Waals surface area contributed by atoms with E-state index in [2.05, 4.69) is 4.98 Å². The maximum absolute atomic E-state index is 12.4. The lowest BCUT2D eigenvalue weighted by Gasteiger charge is -2.08. The summed E-state index contributed by atoms with van der Waals surface area (Å²) < 4.78 is 10.4. The molecule has 98 valence electrons. The maximum atomic E-state index is 12.4. The van der Waals surface area contributed by atoms with E-state index in [1.807, 2.05) is 6.07 Å². The molecule has 1 aliphatic heterocycles. The number of aromatic nitrogens is 1. The molecular weight excluding hydrogens is 256 g/mol. The van der Waals surface area contributed by atoms with Gasteiger partial charge in [-0.1, -0.05) is 6.07 Å². The molecular formula is C15H10N2O3. The third-order valence-electron chi connectivity index (χ3n) is 3.03. The highest BCUT2D eigenvalue weighted by Gasteiger charge is 2.25. The fourth-order valence-corrected chi connectivity index (χ4v) is 2.02. The number of pyridine rings is 1. The van der Waals surface area contributed by atoms with E-state index < -0.39 is 5.92 Å². The Bertz CT molecular complexity index is 692. The SMILES string of the molecule is N#CC(C(=O)c1ccc2c(c1)OCO2)c1ccccn1. The number of ketones is 1. The number of fused-ring (bicyclic) bond motifs is 1. The van der Waals surface area contributed by atoms with E-state index in [1.54, 1.807) is 42.6 Å². The Morgan fingerprint density at radius 2 is 2.10 bits per heavy atom. The molecule has 0 N–H and O–H groups in total. The lowest BCUT2D eigenvalue weighted by Crippen LogP contribution is -2.12. The van der Waals surface area contributed by atoms with E-state index in [9.17, 15) is 10.1 Å². The van der Waals surface area contributed by atoms with Crippen LogP contribution in [0, 0.1) is 11.3 Å². The highest BCUT2D eigenvalue weighted by molar-refractivity contribution is 6.03. The number of nitriles is 1. The van der Waals surface area contributed by atoms with Crippen molar-refractivity contribution in [3.8, 4) is 17.6 Å². The van der Waals surface area contributed by atoms with Gasteiger partial charge in [0.1, 0.15) is 0 Å². The third-order valence-corrected chi connectivity index (χ3v) is 3.03. The summed E-state index contributed by atoms with van der Waals surface area (Å²) in [4.78, 5) is 16.5. The molecule has 1 aromatic carbocycles. The molecule has 20 heavy (non-hydrogen) atoms. The summed E-state index contributed by atoms with van der Waals surface area (Å²) in [6, 6.07) is 12.0. The molecule has 5 nitrogen and oxygen atoms in total. The number of ether oxygens (including phenoxy) is 2. The Morgan fingerprint density at radius 1 is 1.25 bits per heavy atom. The molecule has 1 unspecified atom stereocenters. The van der Waals surface area contributed by atoms with Crippen LogP contribution in [-0.4, -0.2) is 17.6 Å². The normalized spacial score (nSPS) is 13.6. The fraction of sp³-hybridized carbons (Fsp3) is 0.133. The summed E-state index contributed by atoms with van der Waals surface area (Å²) in [6.45, 7) is 0.148. The van der Waals surface area contributed by atoms with E-state index in [4.69, 9.17) is 9.47 Å². The molecule has 3 rings (SSSR count). The molecule has 1 aromatic heterocycles. The van der Waals surface area contributed by atoms with Gasteiger partial charge in [0, 0.05) is 11.8 Å². The lowest BCUT2D eigenvalue weighted by molar-refractivity contribution is 0.0977. The van der Waals surface area contributed by atoms with Gasteiger partial charge in [-0.3, -0.25) is 9.78 Å². The molecule has 0 bridgehead atoms. The van der Waals surface area contributed by atoms with Crippen molar-refractivity contribution in [1.29, 1.82) is 5.26 Å². The Hall–Kier alpha value is -2.87. The number of benzene rings is 1. The first-order valence-electron chi connectivity index (χ1n) is 6.04. The van der Waals surface area contributed by atoms with Crippen LogP contribution in [0.1, 0.15) is 22.0 Å². The zero-order valence-corrected chi connectivity index (χ0v) is 10.4. The minimum absolute atomic E-state index is 0.148. The molecule has 0 saturated carbocycles. The molecule has 5 heteroatoms. The summed E-state index contributed by atoms with van der Waals surface area (Å²) in [5, 5.41) is 9.24. The van der Waals surface area contributed by atoms with Crippen LogP contribution < -0.4 is 9.47 Å². The molecule has 0 radical (unpaired) electrons. The molecule has 0 spiro atoms. The van der Waals surface area contributed by atoms with Crippen molar-refractivity contribution in [2.75, 3.05) is 6.79 Å². The quantitative estimate of drug-likeness (QED) is 0.797. The van der Waals surface area contributed by atoms with Crippen molar-refractivity contribution < 1.29 is 14.3 Å². The summed E-state index contributed by atoms with van der Waals surface area (Å²) in [5.74, 6) is -0.0949. The van der Waals surface area contributed by atoms with Crippen LogP contribution in [0.4, 0.5) is 0 Å². The van der Waals surface area contributed by atoms with E-state index >= 15 is 0 Å². The molecule has 1 aliphatic rings. The van der Waals surface area contributed by atoms with Gasteiger partial charge in [0.25, 0.3) is 0 Å². The predicted molar refractivity (Wildman–Crippen MR) is 69.5 cm³/mol. The van der Waals surface area contributed by atoms with Crippen LogP contribution in [-0.2, 0) is 0 Å². The second-order valence-corrected chi connectivity index (χ2v) is 4.25. The average Bonchev–Trinajstić information content (AvgIpc) is 2.96. The zero-order chi connectivity index (χ0) is 13.9. The van der Waals surface area contributed by atoms with Crippen LogP contribution in [0.2, 0.25) is 0 Å². The summed E-state index contributed by atoms with van der Waals surface area (Å²) in [7, 11) is 0. The number of nitrogens with zero attached hydrogens (tertiary/aromatic N) is 2. The fourth-order valence-electron chi connectivity index (χ4n) is 2.02. The lowest BCUT2D eigenvalue weighted by atomic mass is 9.95. The van der Waals surface area contributed by atoms with Gasteiger partial charge in [-0.15, -0.1) is 0 Å². The predicted octanol–water partition coefficient (Wildman–Crippen LogP) is 2.30. The number of hydrogen-bond donors (Lipinski definition) is 0. The maximum Gasteiger partial charge on any atom is 0.231 e. The summed E-state index contributed by atoms with van der Waals surface area (Å²) in [5.41, 5.74) is 0.851. The van der Waals surface area contributed by atoms with Gasteiger partial charge in [0.2, 0.25) is 6.79 Å². The van der Waals surface area contributed by atoms with Gasteiger partial charge in [0.15, 0.2) is 23.2 Å². The van der Waals surface area contributed by atoms with Gasteiger partial charge in [0.05, 0.1) is 11.8 Å². The van der Waals surface area contributed by atoms with Gasteiger partial charge in [-0.2, -0.15) is 5.26 Å². The van der Waals surface area contributed by atoms with Crippen molar-refractivity contribution >= 4 is 5.78 Å². The minimum atomic E-state index is -0.920. The van der Waals surface area contributed by atoms with E-state index in [0.29, 0.717) is 22.8 Å². The number of hydrogen-bond acceptors (Lipinski definition) is 5. The number of rotatable bonds is 3. The third kappa shape index (κ3) is 2.08. The standard InChI is InChI=1S/C15H10N2O3/c16-8-11(12-3-1-2-6-17-12)15(18)10-4-5-13-14(7-10)20-9-19-13/h1-7,11H,9H2. The Labute approximate surface area is 115 Å². The van der Waals surface area contributed by atoms with Crippen LogP contribution >= 0.6 is 0 Å². The molecule has 0 saturated heterocycles. The molecule has 1 atom stereocenters. The molecule has 0 aliphatic carbocycles. The molecule has 0 amide bonds. The Balaban J connectivity index is 1.94. The van der Waals surface area contributed by atoms with E-state index in [1.165, 1.54) is 0 Å². The van der Waals surface area contributed by atoms with Crippen LogP contribution in [0.15, 0.2) is 42.6 Å². The zero-order valence-electron chi connectivity index (χ0n) is 10.4. The van der Waals surface area contributed by atoms with Gasteiger partial charge >= 0.3 is 0 Å². The van der Waals surface area contributed by atoms with Crippen LogP contribution in [0.5, 0.6) is 11.5 Å². The van der Waals surface area contributed by atoms with Gasteiger partial charge in [-0.25, -0.2) is 0 Å². The van der Waals surface area contributed by atoms with Crippen molar-refractivity contribution in [2.24, 2.45) is 0 Å². The molecule has 2 heterocycles. The second-order valence-electron chi connectivity index (χ2n) is 4.25. The average molecular weight is 266 g/mol. The smallest absolute Gasteiger partial charge is 0.231 e. The minimum Gasteiger partial charge on any atom is -0.454 e. The molecule has 2 aromatic rings. The highest BCUT2D eigenvalue weighted by Crippen LogP contribution is 2.33. The Morgan fingerprint density at radius 3 is 2.85 bits per heavy atom. The van der Waals surface area contributed by atoms with Crippen molar-refractivity contribution in [1.82, 2.24) is 4.98 Å². The number of carbonyl (C=O) groups excluding carboxylic acids is 1. The highest BCUT2D eigenvalue weighted by atomic mass is 16.7. The van der Waals surface area contributed by atoms with Crippen molar-refractivity contribution in [3.63, 3.8) is 0 Å². The topological polar surface area (TPSA) is 72.2 Å². The van der Waals surface area contributed by atoms with Crippen LogP contribution in [0.3, 0.4) is 0 Å². The van der Waals surface area contributed by atoms with Crippen LogP contribution in [0.25, 0.3) is 0 Å². The first-order valence-corrected chi connectivity index (χ1v) is 6.04. The largest absolute Gasteiger partial charge is 0.454 e. The van der Waals surface area contributed by atoms with Crippen molar-refractivity contribution in [3.05, 3.63) is 53.9 Å². The van der Waals surface area contributed by atoms with Crippen molar-refractivity contribution in [2.45, 2.75) is 5.92 Å². The number of carbonyl (C=O) groups is 1. The second kappa shape index (κ2) is 5.02. The number of Topliss-reactive ketones (excluding diaryl/α,β-unsaturated/α-hetero) is 1.